The van der Waals surface area contributed by atoms with Crippen molar-refractivity contribution in [3.05, 3.63) is 48.5 Å². The molecule has 0 saturated heterocycles. The van der Waals surface area contributed by atoms with Crippen molar-refractivity contribution in [2.24, 2.45) is 5.92 Å². The van der Waals surface area contributed by atoms with Crippen molar-refractivity contribution in [1.82, 2.24) is 0 Å². The molecule has 0 amide bonds. The molecule has 0 aliphatic carbocycles. The lowest BCUT2D eigenvalue weighted by Crippen LogP contribution is -2.00. The normalized spacial score (nSPS) is 12.4. The Kier molecular flexibility index (Phi) is 13.3. The molecule has 2 nitrogen and oxygen atoms in total. The number of aliphatic hydroxyl groups is 1. The highest BCUT2D eigenvalue weighted by Gasteiger charge is 1.97. The second kappa shape index (κ2) is 12.6. The second-order valence-corrected chi connectivity index (χ2v) is 3.84. The first kappa shape index (κ1) is 17.9. The van der Waals surface area contributed by atoms with Gasteiger partial charge in [0.25, 0.3) is 0 Å². The maximum absolute atomic E-state index is 9.15. The third-order valence-electron chi connectivity index (χ3n) is 1.70. The Labute approximate surface area is 106 Å². The summed E-state index contributed by atoms with van der Waals surface area (Å²) < 4.78 is 5.40. The quantitative estimate of drug-likeness (QED) is 0.424. The summed E-state index contributed by atoms with van der Waals surface area (Å²) in [7, 11) is 0. The van der Waals surface area contributed by atoms with Gasteiger partial charge in [0.05, 0.1) is 6.61 Å². The van der Waals surface area contributed by atoms with E-state index >= 15 is 0 Å². The molecule has 0 aromatic carbocycles. The molecule has 0 aliphatic rings. The summed E-state index contributed by atoms with van der Waals surface area (Å²) in [5, 5.41) is 9.15. The summed E-state index contributed by atoms with van der Waals surface area (Å²) >= 11 is 0. The lowest BCUT2D eigenvalue weighted by atomic mass is 10.2. The van der Waals surface area contributed by atoms with E-state index in [-0.39, 0.29) is 5.76 Å². The van der Waals surface area contributed by atoms with Crippen molar-refractivity contribution in [3.63, 3.8) is 0 Å². The Balaban J connectivity index is 0. The van der Waals surface area contributed by atoms with E-state index in [1.54, 1.807) is 6.08 Å². The van der Waals surface area contributed by atoms with Crippen LogP contribution in [0.15, 0.2) is 48.5 Å². The molecule has 98 valence electrons. The van der Waals surface area contributed by atoms with E-state index < -0.39 is 0 Å². The van der Waals surface area contributed by atoms with Crippen LogP contribution in [-0.2, 0) is 4.74 Å². The molecule has 0 bridgehead atoms. The highest BCUT2D eigenvalue weighted by molar-refractivity contribution is 5.19. The Hall–Kier alpha value is -1.44. The minimum atomic E-state index is 0.122. The van der Waals surface area contributed by atoms with Crippen LogP contribution in [0.1, 0.15) is 34.6 Å². The van der Waals surface area contributed by atoms with Gasteiger partial charge in [0.1, 0.15) is 11.5 Å². The lowest BCUT2D eigenvalue weighted by Gasteiger charge is -2.08. The molecule has 0 radical (unpaired) electrons. The molecule has 0 heterocycles. The van der Waals surface area contributed by atoms with E-state index in [0.29, 0.717) is 18.3 Å². The van der Waals surface area contributed by atoms with E-state index in [4.69, 9.17) is 9.84 Å². The molecule has 17 heavy (non-hydrogen) atoms. The Morgan fingerprint density at radius 2 is 1.76 bits per heavy atom. The van der Waals surface area contributed by atoms with Crippen LogP contribution < -0.4 is 0 Å². The number of hydrogen-bond donors (Lipinski definition) is 1. The fourth-order valence-electron chi connectivity index (χ4n) is 0.676. The van der Waals surface area contributed by atoms with Crippen molar-refractivity contribution >= 4 is 0 Å². The summed E-state index contributed by atoms with van der Waals surface area (Å²) in [6.45, 7) is 14.1. The first-order valence-electron chi connectivity index (χ1n) is 5.91. The van der Waals surface area contributed by atoms with Crippen molar-refractivity contribution in [3.8, 4) is 0 Å². The van der Waals surface area contributed by atoms with Crippen LogP contribution in [0, 0.1) is 5.92 Å². The van der Waals surface area contributed by atoms with Gasteiger partial charge in [-0.3, -0.25) is 0 Å². The van der Waals surface area contributed by atoms with Gasteiger partial charge in [0.15, 0.2) is 0 Å². The van der Waals surface area contributed by atoms with Crippen LogP contribution in [0.4, 0.5) is 0 Å². The van der Waals surface area contributed by atoms with Gasteiger partial charge in [-0.25, -0.2) is 0 Å². The average Bonchev–Trinajstić information content (AvgIpc) is 2.34. The number of aliphatic hydroxyl groups excluding tert-OH is 1. The van der Waals surface area contributed by atoms with E-state index in [0.717, 1.165) is 0 Å². The zero-order chi connectivity index (χ0) is 13.7. The molecule has 0 atom stereocenters. The van der Waals surface area contributed by atoms with Crippen molar-refractivity contribution in [1.29, 1.82) is 0 Å². The van der Waals surface area contributed by atoms with Crippen LogP contribution in [-0.4, -0.2) is 11.7 Å². The first-order valence-corrected chi connectivity index (χ1v) is 5.91. The second-order valence-electron chi connectivity index (χ2n) is 3.84. The monoisotopic (exact) mass is 238 g/mol. The number of hydrogen-bond acceptors (Lipinski definition) is 2. The summed E-state index contributed by atoms with van der Waals surface area (Å²) in [5.74, 6) is 1.28. The maximum Gasteiger partial charge on any atom is 0.118 e. The van der Waals surface area contributed by atoms with Crippen molar-refractivity contribution in [2.75, 3.05) is 6.61 Å². The summed E-state index contributed by atoms with van der Waals surface area (Å²) in [6.07, 6.45) is 8.74. The highest BCUT2D eigenvalue weighted by Crippen LogP contribution is 2.06. The number of ether oxygens (including phenoxy) is 1. The third kappa shape index (κ3) is 14.6. The average molecular weight is 238 g/mol. The molecular formula is C15H26O2. The SMILES string of the molecule is C/C=C\C.C=C/C(O)=C\C(=C/C)OCC(C)C. The molecule has 0 rings (SSSR count). The van der Waals surface area contributed by atoms with Crippen molar-refractivity contribution < 1.29 is 9.84 Å². The highest BCUT2D eigenvalue weighted by atomic mass is 16.5. The lowest BCUT2D eigenvalue weighted by molar-refractivity contribution is 0.188. The smallest absolute Gasteiger partial charge is 0.118 e. The summed E-state index contributed by atoms with van der Waals surface area (Å²) in [4.78, 5) is 0. The molecule has 1 N–H and O–H groups in total. The topological polar surface area (TPSA) is 29.5 Å². The van der Waals surface area contributed by atoms with Crippen LogP contribution in [0.3, 0.4) is 0 Å². The fraction of sp³-hybridized carbons (Fsp3) is 0.467. The standard InChI is InChI=1S/C11H18O2.C4H8/c1-5-10(12)7-11(6-2)13-8-9(3)4;1-3-4-2/h5-7,9,12H,1,8H2,2-4H3;3-4H,1-2H3/b10-7+,11-6+;4-3-. The van der Waals surface area contributed by atoms with E-state index in [2.05, 4.69) is 20.4 Å². The van der Waals surface area contributed by atoms with Gasteiger partial charge in [-0.1, -0.05) is 32.6 Å². The minimum Gasteiger partial charge on any atom is -0.508 e. The molecule has 0 spiro atoms. The molecule has 0 aliphatic heterocycles. The largest absolute Gasteiger partial charge is 0.508 e. The number of rotatable bonds is 5. The van der Waals surface area contributed by atoms with Gasteiger partial charge >= 0.3 is 0 Å². The molecule has 0 aromatic heterocycles. The molecule has 0 unspecified atom stereocenters. The number of allylic oxidation sites excluding steroid dienone is 5. The summed E-state index contributed by atoms with van der Waals surface area (Å²) in [5.41, 5.74) is 0. The predicted octanol–water partition coefficient (Wildman–Crippen LogP) is 4.77. The zero-order valence-corrected chi connectivity index (χ0v) is 11.7. The fourth-order valence-corrected chi connectivity index (χ4v) is 0.676. The van der Waals surface area contributed by atoms with Crippen molar-refractivity contribution in [2.45, 2.75) is 34.6 Å². The van der Waals surface area contributed by atoms with E-state index in [1.807, 2.05) is 39.0 Å². The van der Waals surface area contributed by atoms with Gasteiger partial charge in [-0.05, 0) is 38.8 Å². The van der Waals surface area contributed by atoms with Crippen LogP contribution >= 0.6 is 0 Å². The first-order chi connectivity index (χ1) is 8.01. The third-order valence-corrected chi connectivity index (χ3v) is 1.70. The van der Waals surface area contributed by atoms with Gasteiger partial charge in [0.2, 0.25) is 0 Å². The molecule has 2 heteroatoms. The summed E-state index contributed by atoms with van der Waals surface area (Å²) in [6, 6.07) is 0. The predicted molar refractivity (Wildman–Crippen MR) is 75.9 cm³/mol. The Morgan fingerprint density at radius 1 is 1.24 bits per heavy atom. The maximum atomic E-state index is 9.15. The Bertz CT molecular complexity index is 267. The minimum absolute atomic E-state index is 0.122. The van der Waals surface area contributed by atoms with E-state index in [9.17, 15) is 0 Å². The van der Waals surface area contributed by atoms with Gasteiger partial charge in [-0.15, -0.1) is 0 Å². The molecule has 0 aromatic rings. The Morgan fingerprint density at radius 3 is 2.06 bits per heavy atom. The van der Waals surface area contributed by atoms with Gasteiger partial charge in [0, 0.05) is 6.08 Å². The molecule has 0 fully saturated rings. The van der Waals surface area contributed by atoms with Crippen LogP contribution in [0.25, 0.3) is 0 Å². The van der Waals surface area contributed by atoms with Gasteiger partial charge < -0.3 is 9.84 Å². The molecule has 0 saturated carbocycles. The van der Waals surface area contributed by atoms with Crippen LogP contribution in [0.2, 0.25) is 0 Å². The van der Waals surface area contributed by atoms with Crippen LogP contribution in [0.5, 0.6) is 0 Å². The molecular weight excluding hydrogens is 212 g/mol. The zero-order valence-electron chi connectivity index (χ0n) is 11.7. The van der Waals surface area contributed by atoms with E-state index in [1.165, 1.54) is 6.08 Å². The van der Waals surface area contributed by atoms with Gasteiger partial charge in [-0.2, -0.15) is 0 Å².